The molecule has 1 amide bonds. The Bertz CT molecular complexity index is 760. The minimum absolute atomic E-state index is 0.377. The summed E-state index contributed by atoms with van der Waals surface area (Å²) < 4.78 is 4.13. The third-order valence-electron chi connectivity index (χ3n) is 3.07. The first-order chi connectivity index (χ1) is 9.65. The van der Waals surface area contributed by atoms with Crippen LogP contribution in [0.4, 0.5) is 0 Å². The monoisotopic (exact) mass is 300 g/mol. The Hall–Kier alpha value is -1.98. The van der Waals surface area contributed by atoms with Gasteiger partial charge in [-0.2, -0.15) is 0 Å². The number of aromatic nitrogens is 1. The van der Waals surface area contributed by atoms with Gasteiger partial charge in [-0.25, -0.2) is 4.37 Å². The van der Waals surface area contributed by atoms with Crippen molar-refractivity contribution in [3.8, 4) is 20.9 Å². The number of aryl methyl sites for hydroxylation is 1. The van der Waals surface area contributed by atoms with Gasteiger partial charge in [-0.1, -0.05) is 12.1 Å². The van der Waals surface area contributed by atoms with Gasteiger partial charge in [0.25, 0.3) is 5.91 Å². The van der Waals surface area contributed by atoms with Crippen molar-refractivity contribution in [2.24, 2.45) is 5.73 Å². The number of thiophene rings is 1. The minimum atomic E-state index is -0.377. The number of hydrogen-bond acceptors (Lipinski definition) is 4. The first-order valence-corrected chi connectivity index (χ1v) is 7.66. The van der Waals surface area contributed by atoms with E-state index in [2.05, 4.69) is 29.5 Å². The molecule has 2 heterocycles. The van der Waals surface area contributed by atoms with Gasteiger partial charge in [0.1, 0.15) is 0 Å². The van der Waals surface area contributed by atoms with Crippen LogP contribution in [0.2, 0.25) is 0 Å². The van der Waals surface area contributed by atoms with E-state index >= 15 is 0 Å². The lowest BCUT2D eigenvalue weighted by Crippen LogP contribution is -2.07. The second-order valence-corrected chi connectivity index (χ2v) is 6.35. The predicted octanol–water partition coefficient (Wildman–Crippen LogP) is 3.95. The maximum atomic E-state index is 11.2. The van der Waals surface area contributed by atoms with Crippen molar-refractivity contribution in [1.82, 2.24) is 4.37 Å². The van der Waals surface area contributed by atoms with Crippen molar-refractivity contribution in [2.45, 2.75) is 6.92 Å². The molecule has 2 aromatic heterocycles. The second kappa shape index (κ2) is 5.19. The van der Waals surface area contributed by atoms with Gasteiger partial charge in [0.05, 0.1) is 9.75 Å². The third kappa shape index (κ3) is 2.37. The molecule has 0 saturated heterocycles. The lowest BCUT2D eigenvalue weighted by Gasteiger charge is -2.06. The zero-order valence-electron chi connectivity index (χ0n) is 10.8. The molecule has 0 unspecified atom stereocenters. The molecule has 0 bridgehead atoms. The number of primary amides is 1. The number of benzene rings is 1. The summed E-state index contributed by atoms with van der Waals surface area (Å²) in [4.78, 5) is 14.0. The average Bonchev–Trinajstić information content (AvgIpc) is 3.10. The van der Waals surface area contributed by atoms with Crippen LogP contribution in [0.15, 0.2) is 42.6 Å². The van der Waals surface area contributed by atoms with Crippen LogP contribution in [-0.2, 0) is 0 Å². The molecule has 0 aliphatic heterocycles. The van der Waals surface area contributed by atoms with E-state index < -0.39 is 0 Å². The third-order valence-corrected chi connectivity index (χ3v) is 5.00. The summed E-state index contributed by atoms with van der Waals surface area (Å²) >= 11 is 2.90. The maximum absolute atomic E-state index is 11.2. The smallest absolute Gasteiger partial charge is 0.258 e. The SMILES string of the molecule is Cc1ccc(-c2ccns2)cc1-c1ccc(C(N)=O)s1. The molecule has 0 aliphatic rings. The van der Waals surface area contributed by atoms with Crippen LogP contribution in [0.5, 0.6) is 0 Å². The summed E-state index contributed by atoms with van der Waals surface area (Å²) in [5, 5.41) is 0. The topological polar surface area (TPSA) is 56.0 Å². The minimum Gasteiger partial charge on any atom is -0.365 e. The summed E-state index contributed by atoms with van der Waals surface area (Å²) in [7, 11) is 0. The van der Waals surface area contributed by atoms with Crippen LogP contribution in [0.25, 0.3) is 20.9 Å². The molecule has 5 heteroatoms. The van der Waals surface area contributed by atoms with Gasteiger partial charge in [0, 0.05) is 11.1 Å². The fraction of sp³-hybridized carbons (Fsp3) is 0.0667. The van der Waals surface area contributed by atoms with Crippen molar-refractivity contribution in [1.29, 1.82) is 0 Å². The van der Waals surface area contributed by atoms with Crippen LogP contribution in [0.3, 0.4) is 0 Å². The van der Waals surface area contributed by atoms with Crippen LogP contribution in [-0.4, -0.2) is 10.3 Å². The molecule has 0 spiro atoms. The number of carbonyl (C=O) groups is 1. The Morgan fingerprint density at radius 3 is 2.65 bits per heavy atom. The average molecular weight is 300 g/mol. The van der Waals surface area contributed by atoms with Gasteiger partial charge < -0.3 is 5.73 Å². The number of hydrogen-bond donors (Lipinski definition) is 1. The molecule has 100 valence electrons. The highest BCUT2D eigenvalue weighted by molar-refractivity contribution is 7.17. The van der Waals surface area contributed by atoms with E-state index in [4.69, 9.17) is 5.73 Å². The van der Waals surface area contributed by atoms with Crippen molar-refractivity contribution >= 4 is 28.8 Å². The van der Waals surface area contributed by atoms with E-state index in [1.165, 1.54) is 28.4 Å². The molecular formula is C15H12N2OS2. The Morgan fingerprint density at radius 2 is 2.00 bits per heavy atom. The second-order valence-electron chi connectivity index (χ2n) is 4.43. The van der Waals surface area contributed by atoms with Gasteiger partial charge in [0.15, 0.2) is 0 Å². The summed E-state index contributed by atoms with van der Waals surface area (Å²) in [5.74, 6) is -0.377. The molecule has 3 nitrogen and oxygen atoms in total. The van der Waals surface area contributed by atoms with E-state index in [0.717, 1.165) is 20.9 Å². The fourth-order valence-corrected chi connectivity index (χ4v) is 3.55. The number of nitrogens with two attached hydrogens (primary N) is 1. The maximum Gasteiger partial charge on any atom is 0.258 e. The van der Waals surface area contributed by atoms with Crippen LogP contribution in [0, 0.1) is 6.92 Å². The number of nitrogens with zero attached hydrogens (tertiary/aromatic N) is 1. The lowest BCUT2D eigenvalue weighted by molar-refractivity contribution is 0.100. The van der Waals surface area contributed by atoms with Crippen molar-refractivity contribution < 1.29 is 4.79 Å². The number of amides is 1. The highest BCUT2D eigenvalue weighted by Crippen LogP contribution is 2.34. The standard InChI is InChI=1S/C15H12N2OS2/c1-9-2-3-10(12-6-7-17-20-12)8-11(9)13-4-5-14(19-13)15(16)18/h2-8H,1H3,(H2,16,18). The van der Waals surface area contributed by atoms with Crippen molar-refractivity contribution in [3.63, 3.8) is 0 Å². The van der Waals surface area contributed by atoms with E-state index in [-0.39, 0.29) is 5.91 Å². The van der Waals surface area contributed by atoms with Crippen molar-refractivity contribution in [3.05, 3.63) is 53.0 Å². The molecule has 3 aromatic rings. The number of carbonyl (C=O) groups excluding carboxylic acids is 1. The molecule has 20 heavy (non-hydrogen) atoms. The fourth-order valence-electron chi connectivity index (χ4n) is 2.02. The molecule has 3 rings (SSSR count). The van der Waals surface area contributed by atoms with Gasteiger partial charge in [-0.05, 0) is 59.4 Å². The molecular weight excluding hydrogens is 288 g/mol. The highest BCUT2D eigenvalue weighted by atomic mass is 32.1. The van der Waals surface area contributed by atoms with Crippen molar-refractivity contribution in [2.75, 3.05) is 0 Å². The molecule has 2 N–H and O–H groups in total. The zero-order valence-corrected chi connectivity index (χ0v) is 12.4. The molecule has 0 fully saturated rings. The summed E-state index contributed by atoms with van der Waals surface area (Å²) in [6.45, 7) is 2.06. The normalized spacial score (nSPS) is 10.7. The van der Waals surface area contributed by atoms with Crippen LogP contribution < -0.4 is 5.73 Å². The molecule has 0 atom stereocenters. The first kappa shape index (κ1) is 13.0. The van der Waals surface area contributed by atoms with Gasteiger partial charge in [-0.3, -0.25) is 4.79 Å². The lowest BCUT2D eigenvalue weighted by atomic mass is 10.0. The number of rotatable bonds is 3. The Labute approximate surface area is 124 Å². The molecule has 1 aromatic carbocycles. The Kier molecular flexibility index (Phi) is 3.38. The quantitative estimate of drug-likeness (QED) is 0.796. The highest BCUT2D eigenvalue weighted by Gasteiger charge is 2.10. The Balaban J connectivity index is 2.08. The summed E-state index contributed by atoms with van der Waals surface area (Å²) in [6.07, 6.45) is 1.80. The first-order valence-electron chi connectivity index (χ1n) is 6.07. The van der Waals surface area contributed by atoms with Gasteiger partial charge in [0.2, 0.25) is 0 Å². The summed E-state index contributed by atoms with van der Waals surface area (Å²) in [6, 6.07) is 12.1. The van der Waals surface area contributed by atoms with Crippen LogP contribution >= 0.6 is 22.9 Å². The van der Waals surface area contributed by atoms with E-state index in [9.17, 15) is 4.79 Å². The Morgan fingerprint density at radius 1 is 1.15 bits per heavy atom. The molecule has 0 radical (unpaired) electrons. The van der Waals surface area contributed by atoms with Gasteiger partial charge in [-0.15, -0.1) is 11.3 Å². The van der Waals surface area contributed by atoms with E-state index in [0.29, 0.717) is 4.88 Å². The largest absolute Gasteiger partial charge is 0.365 e. The summed E-state index contributed by atoms with van der Waals surface area (Å²) in [5.41, 5.74) is 8.77. The van der Waals surface area contributed by atoms with Gasteiger partial charge >= 0.3 is 0 Å². The van der Waals surface area contributed by atoms with E-state index in [1.54, 1.807) is 12.3 Å². The predicted molar refractivity (Wildman–Crippen MR) is 84.1 cm³/mol. The molecule has 0 aliphatic carbocycles. The van der Waals surface area contributed by atoms with E-state index in [1.807, 2.05) is 12.1 Å². The van der Waals surface area contributed by atoms with Crippen LogP contribution in [0.1, 0.15) is 15.2 Å². The zero-order chi connectivity index (χ0) is 14.1. The molecule has 0 saturated carbocycles.